The van der Waals surface area contributed by atoms with E-state index in [1.54, 1.807) is 24.3 Å². The third kappa shape index (κ3) is 5.84. The minimum Gasteiger partial charge on any atom is -0.452 e. The van der Waals surface area contributed by atoms with Gasteiger partial charge >= 0.3 is 5.97 Å². The average molecular weight is 399 g/mol. The molecule has 1 N–H and O–H groups in total. The van der Waals surface area contributed by atoms with Crippen molar-refractivity contribution in [3.8, 4) is 0 Å². The number of ketones is 1. The molecule has 9 heteroatoms. The average Bonchev–Trinajstić information content (AvgIpc) is 2.92. The molecule has 1 heterocycles. The normalized spacial score (nSPS) is 19.5. The summed E-state index contributed by atoms with van der Waals surface area (Å²) >= 11 is 1.23. The second-order valence-electron chi connectivity index (χ2n) is 6.06. The maximum atomic E-state index is 12.2. The summed E-state index contributed by atoms with van der Waals surface area (Å²) in [6.07, 6.45) is -0.506. The molecule has 1 fully saturated rings. The van der Waals surface area contributed by atoms with E-state index in [1.165, 1.54) is 25.6 Å². The molecule has 2 rings (SSSR count). The Bertz CT molecular complexity index is 805. The van der Waals surface area contributed by atoms with Gasteiger partial charge in [0.2, 0.25) is 0 Å². The van der Waals surface area contributed by atoms with Crippen LogP contribution in [0.1, 0.15) is 30.6 Å². The second kappa shape index (κ2) is 8.68. The van der Waals surface area contributed by atoms with Gasteiger partial charge in [0.15, 0.2) is 21.7 Å². The smallest absolute Gasteiger partial charge is 0.316 e. The van der Waals surface area contributed by atoms with E-state index in [1.807, 2.05) is 0 Å². The van der Waals surface area contributed by atoms with Crippen LogP contribution in [0, 0.1) is 0 Å². The van der Waals surface area contributed by atoms with Crippen molar-refractivity contribution in [1.82, 2.24) is 0 Å². The molecule has 0 bridgehead atoms. The van der Waals surface area contributed by atoms with E-state index in [9.17, 15) is 22.8 Å². The van der Waals surface area contributed by atoms with E-state index in [4.69, 9.17) is 4.74 Å². The van der Waals surface area contributed by atoms with Gasteiger partial charge in [-0.05, 0) is 32.4 Å². The number of nitrogens with one attached hydrogen (secondary N) is 1. The fraction of sp³-hybridized carbons (Fsp3) is 0.471. The molecule has 2 atom stereocenters. The predicted molar refractivity (Wildman–Crippen MR) is 100 cm³/mol. The first-order valence-corrected chi connectivity index (χ1v) is 11.0. The largest absolute Gasteiger partial charge is 0.452 e. The molecule has 0 saturated carbocycles. The lowest BCUT2D eigenvalue weighted by atomic mass is 10.1. The molecule has 0 unspecified atom stereocenters. The van der Waals surface area contributed by atoms with Crippen LogP contribution < -0.4 is 5.32 Å². The third-order valence-electron chi connectivity index (χ3n) is 3.87. The van der Waals surface area contributed by atoms with E-state index < -0.39 is 27.8 Å². The molecular weight excluding hydrogens is 378 g/mol. The number of para-hydroxylation sites is 1. The Balaban J connectivity index is 1.83. The van der Waals surface area contributed by atoms with Crippen LogP contribution in [-0.2, 0) is 24.2 Å². The van der Waals surface area contributed by atoms with Gasteiger partial charge < -0.3 is 10.1 Å². The van der Waals surface area contributed by atoms with E-state index in [2.05, 4.69) is 5.32 Å². The number of carbonyl (C=O) groups is 3. The van der Waals surface area contributed by atoms with E-state index >= 15 is 0 Å². The number of hydrogen-bond donors (Lipinski definition) is 1. The molecule has 1 aliphatic rings. The standard InChI is InChI=1S/C17H21NO6S2/c1-11(19)14-5-3-4-6-15(14)18-17(21)12(2)24-16(20)9-25-13-7-8-26(22,23)10-13/h3-6,12-13H,7-10H2,1-2H3,(H,18,21)/t12-,13+/m0/s1. The van der Waals surface area contributed by atoms with Gasteiger partial charge in [0, 0.05) is 10.8 Å². The van der Waals surface area contributed by atoms with Crippen molar-refractivity contribution < 1.29 is 27.5 Å². The summed E-state index contributed by atoms with van der Waals surface area (Å²) in [5, 5.41) is 2.47. The first kappa shape index (κ1) is 20.4. The number of amides is 1. The molecule has 1 aromatic rings. The number of rotatable bonds is 7. The van der Waals surface area contributed by atoms with Crippen LogP contribution in [0.3, 0.4) is 0 Å². The van der Waals surface area contributed by atoms with Crippen molar-refractivity contribution in [3.05, 3.63) is 29.8 Å². The number of benzene rings is 1. The molecule has 1 aromatic carbocycles. The summed E-state index contributed by atoms with van der Waals surface area (Å²) in [6.45, 7) is 2.84. The van der Waals surface area contributed by atoms with E-state index in [-0.39, 0.29) is 28.3 Å². The van der Waals surface area contributed by atoms with Crippen molar-refractivity contribution in [2.45, 2.75) is 31.6 Å². The maximum Gasteiger partial charge on any atom is 0.316 e. The number of Topliss-reactive ketones (excluding diaryl/α,β-unsaturated/α-hetero) is 1. The highest BCUT2D eigenvalue weighted by molar-refractivity contribution is 8.02. The molecule has 1 saturated heterocycles. The van der Waals surface area contributed by atoms with Crippen molar-refractivity contribution in [1.29, 1.82) is 0 Å². The van der Waals surface area contributed by atoms with Crippen LogP contribution >= 0.6 is 11.8 Å². The van der Waals surface area contributed by atoms with E-state index in [0.717, 1.165) is 0 Å². The minimum atomic E-state index is -2.99. The highest BCUT2D eigenvalue weighted by atomic mass is 32.2. The second-order valence-corrected chi connectivity index (χ2v) is 9.58. The first-order chi connectivity index (χ1) is 12.2. The lowest BCUT2D eigenvalue weighted by Gasteiger charge is -2.15. The van der Waals surface area contributed by atoms with Crippen LogP contribution in [0.4, 0.5) is 5.69 Å². The number of carbonyl (C=O) groups excluding carboxylic acids is 3. The SMILES string of the molecule is CC(=O)c1ccccc1NC(=O)[C@H](C)OC(=O)CS[C@@H]1CCS(=O)(=O)C1. The number of sulfone groups is 1. The predicted octanol–water partition coefficient (Wildman–Crippen LogP) is 1.68. The molecule has 1 aliphatic heterocycles. The van der Waals surface area contributed by atoms with Crippen LogP contribution in [0.5, 0.6) is 0 Å². The maximum absolute atomic E-state index is 12.2. The van der Waals surface area contributed by atoms with Crippen LogP contribution in [0.25, 0.3) is 0 Å². The Morgan fingerprint density at radius 2 is 2.00 bits per heavy atom. The Labute approximate surface area is 156 Å². The Hall–Kier alpha value is -1.87. The lowest BCUT2D eigenvalue weighted by molar-refractivity contribution is -0.150. The number of ether oxygens (including phenoxy) is 1. The van der Waals surface area contributed by atoms with Crippen molar-refractivity contribution >= 4 is 44.9 Å². The molecular formula is C17H21NO6S2. The zero-order valence-corrected chi connectivity index (χ0v) is 16.2. The Kier molecular flexibility index (Phi) is 6.82. The van der Waals surface area contributed by atoms with Gasteiger partial charge in [-0.1, -0.05) is 12.1 Å². The molecule has 1 amide bonds. The van der Waals surface area contributed by atoms with Crippen molar-refractivity contribution in [2.24, 2.45) is 0 Å². The van der Waals surface area contributed by atoms with Crippen LogP contribution in [0.2, 0.25) is 0 Å². The monoisotopic (exact) mass is 399 g/mol. The molecule has 0 spiro atoms. The van der Waals surface area contributed by atoms with Gasteiger partial charge in [-0.15, -0.1) is 11.8 Å². The number of hydrogen-bond acceptors (Lipinski definition) is 7. The lowest BCUT2D eigenvalue weighted by Crippen LogP contribution is -2.31. The highest BCUT2D eigenvalue weighted by Gasteiger charge is 2.29. The molecule has 0 radical (unpaired) electrons. The third-order valence-corrected chi connectivity index (χ3v) is 7.12. The summed E-state index contributed by atoms with van der Waals surface area (Å²) in [4.78, 5) is 35.6. The van der Waals surface area contributed by atoms with Gasteiger partial charge in [0.05, 0.1) is 22.9 Å². The Morgan fingerprint density at radius 3 is 2.62 bits per heavy atom. The summed E-state index contributed by atoms with van der Waals surface area (Å²) in [5.74, 6) is -1.10. The highest BCUT2D eigenvalue weighted by Crippen LogP contribution is 2.24. The fourth-order valence-electron chi connectivity index (χ4n) is 2.50. The molecule has 142 valence electrons. The summed E-state index contributed by atoms with van der Waals surface area (Å²) in [6, 6.07) is 6.57. The van der Waals surface area contributed by atoms with Crippen molar-refractivity contribution in [2.75, 3.05) is 22.6 Å². The minimum absolute atomic E-state index is 0.0121. The molecule has 26 heavy (non-hydrogen) atoms. The zero-order chi connectivity index (χ0) is 19.3. The van der Waals surface area contributed by atoms with E-state index in [0.29, 0.717) is 17.7 Å². The van der Waals surface area contributed by atoms with Gasteiger partial charge in [-0.3, -0.25) is 14.4 Å². The summed E-state index contributed by atoms with van der Waals surface area (Å²) in [7, 11) is -2.99. The van der Waals surface area contributed by atoms with Gasteiger partial charge in [0.1, 0.15) is 0 Å². The fourth-order valence-corrected chi connectivity index (χ4v) is 5.92. The van der Waals surface area contributed by atoms with Gasteiger partial charge in [0.25, 0.3) is 5.91 Å². The number of esters is 1. The molecule has 0 aromatic heterocycles. The van der Waals surface area contributed by atoms with Gasteiger partial charge in [-0.2, -0.15) is 0 Å². The number of anilines is 1. The molecule has 7 nitrogen and oxygen atoms in total. The molecule has 0 aliphatic carbocycles. The Morgan fingerprint density at radius 1 is 1.31 bits per heavy atom. The van der Waals surface area contributed by atoms with Gasteiger partial charge in [-0.25, -0.2) is 8.42 Å². The quantitative estimate of drug-likeness (QED) is 0.549. The topological polar surface area (TPSA) is 107 Å². The zero-order valence-electron chi connectivity index (χ0n) is 14.6. The number of thioether (sulfide) groups is 1. The summed E-state index contributed by atoms with van der Waals surface area (Å²) in [5.41, 5.74) is 0.732. The van der Waals surface area contributed by atoms with Crippen LogP contribution in [-0.4, -0.2) is 54.7 Å². The summed E-state index contributed by atoms with van der Waals surface area (Å²) < 4.78 is 27.9. The van der Waals surface area contributed by atoms with Crippen molar-refractivity contribution in [3.63, 3.8) is 0 Å². The first-order valence-electron chi connectivity index (χ1n) is 8.10. The van der Waals surface area contributed by atoms with Crippen LogP contribution in [0.15, 0.2) is 24.3 Å².